The highest BCUT2D eigenvalue weighted by Crippen LogP contribution is 2.40. The van der Waals surface area contributed by atoms with Gasteiger partial charge in [-0.15, -0.1) is 6.42 Å². The van der Waals surface area contributed by atoms with Gasteiger partial charge in [-0.3, -0.25) is 0 Å². The maximum Gasteiger partial charge on any atom is 0.344 e. The predicted octanol–water partition coefficient (Wildman–Crippen LogP) is 7.86. The van der Waals surface area contributed by atoms with Crippen molar-refractivity contribution in [3.8, 4) is 59.4 Å². The molecular formula is C32H16F6O2. The van der Waals surface area contributed by atoms with E-state index >= 15 is 0 Å². The van der Waals surface area contributed by atoms with E-state index in [-0.39, 0.29) is 11.5 Å². The summed E-state index contributed by atoms with van der Waals surface area (Å²) in [5, 5.41) is 0. The van der Waals surface area contributed by atoms with Crippen molar-refractivity contribution in [3.63, 3.8) is 0 Å². The third kappa shape index (κ3) is 7.32. The van der Waals surface area contributed by atoms with E-state index in [0.29, 0.717) is 16.7 Å². The average Bonchev–Trinajstić information content (AvgIpc) is 2.95. The molecule has 0 heterocycles. The van der Waals surface area contributed by atoms with Gasteiger partial charge >= 0.3 is 24.2 Å². The van der Waals surface area contributed by atoms with Crippen LogP contribution in [-0.2, 0) is 5.41 Å². The Morgan fingerprint density at radius 3 is 1.35 bits per heavy atom. The molecule has 40 heavy (non-hydrogen) atoms. The van der Waals surface area contributed by atoms with E-state index in [4.69, 9.17) is 6.42 Å². The second-order valence-electron chi connectivity index (χ2n) is 7.92. The summed E-state index contributed by atoms with van der Waals surface area (Å²) in [6.07, 6.45) is -0.172. The first-order valence-electron chi connectivity index (χ1n) is 11.2. The van der Waals surface area contributed by atoms with Crippen molar-refractivity contribution >= 4 is 0 Å². The van der Waals surface area contributed by atoms with Gasteiger partial charge in [0.2, 0.25) is 0 Å². The van der Waals surface area contributed by atoms with Gasteiger partial charge in [-0.25, -0.2) is 0 Å². The van der Waals surface area contributed by atoms with Crippen LogP contribution in [0, 0.1) is 47.9 Å². The van der Waals surface area contributed by atoms with Gasteiger partial charge in [0.15, 0.2) is 0 Å². The third-order valence-electron chi connectivity index (χ3n) is 5.57. The number of ether oxygens (including phenoxy) is 2. The van der Waals surface area contributed by atoms with Crippen LogP contribution in [-0.4, -0.2) is 0 Å². The topological polar surface area (TPSA) is 18.5 Å². The molecule has 3 aromatic rings. The van der Waals surface area contributed by atoms with E-state index in [1.807, 2.05) is 6.92 Å². The fraction of sp³-hybridized carbons (Fsp3) is 0.0625. The Morgan fingerprint density at radius 1 is 0.575 bits per heavy atom. The van der Waals surface area contributed by atoms with Gasteiger partial charge in [-0.2, -0.15) is 26.3 Å². The minimum Gasteiger partial charge on any atom is -0.428 e. The summed E-state index contributed by atoms with van der Waals surface area (Å²) in [6, 6.07) is 14.6. The monoisotopic (exact) mass is 546 g/mol. The molecule has 0 aromatic heterocycles. The van der Waals surface area contributed by atoms with Crippen LogP contribution in [0.1, 0.15) is 29.2 Å². The van der Waals surface area contributed by atoms with Crippen molar-refractivity contribution in [3.05, 3.63) is 119 Å². The lowest BCUT2D eigenvalue weighted by Crippen LogP contribution is -2.25. The summed E-state index contributed by atoms with van der Waals surface area (Å²) in [4.78, 5) is 0. The lowest BCUT2D eigenvalue weighted by atomic mass is 9.71. The molecule has 0 saturated heterocycles. The van der Waals surface area contributed by atoms with Crippen molar-refractivity contribution in [1.29, 1.82) is 0 Å². The van der Waals surface area contributed by atoms with Crippen molar-refractivity contribution < 1.29 is 35.8 Å². The first-order chi connectivity index (χ1) is 19.1. The Morgan fingerprint density at radius 2 is 0.950 bits per heavy atom. The highest BCUT2D eigenvalue weighted by Gasteiger charge is 2.31. The summed E-state index contributed by atoms with van der Waals surface area (Å²) >= 11 is 0. The zero-order valence-corrected chi connectivity index (χ0v) is 20.6. The maximum absolute atomic E-state index is 13.2. The maximum atomic E-state index is 13.2. The molecule has 0 aliphatic carbocycles. The fourth-order valence-corrected chi connectivity index (χ4v) is 3.62. The number of rotatable bonds is 7. The third-order valence-corrected chi connectivity index (χ3v) is 5.57. The Balaban J connectivity index is 2.03. The van der Waals surface area contributed by atoms with E-state index in [1.54, 1.807) is 48.5 Å². The van der Waals surface area contributed by atoms with Crippen LogP contribution in [0.5, 0.6) is 11.5 Å². The number of hydrogen-bond donors (Lipinski definition) is 0. The van der Waals surface area contributed by atoms with Gasteiger partial charge in [0.1, 0.15) is 11.5 Å². The molecule has 0 radical (unpaired) electrons. The van der Waals surface area contributed by atoms with Gasteiger partial charge in [0.05, 0.1) is 0 Å². The summed E-state index contributed by atoms with van der Waals surface area (Å²) < 4.78 is 85.2. The summed E-state index contributed by atoms with van der Waals surface area (Å²) in [7, 11) is 0. The van der Waals surface area contributed by atoms with Crippen molar-refractivity contribution in [2.75, 3.05) is 0 Å². The van der Waals surface area contributed by atoms with Crippen LogP contribution < -0.4 is 9.47 Å². The van der Waals surface area contributed by atoms with Crippen LogP contribution in [0.25, 0.3) is 0 Å². The smallest absolute Gasteiger partial charge is 0.344 e. The van der Waals surface area contributed by atoms with E-state index in [9.17, 15) is 26.3 Å². The summed E-state index contributed by atoms with van der Waals surface area (Å²) in [5.41, 5.74) is 1.73. The number of hydrogen-bond acceptors (Lipinski definition) is 2. The molecule has 0 bridgehead atoms. The molecule has 0 amide bonds. The molecule has 0 unspecified atom stereocenters. The van der Waals surface area contributed by atoms with Gasteiger partial charge in [0.25, 0.3) is 0 Å². The van der Waals surface area contributed by atoms with Gasteiger partial charge in [0, 0.05) is 11.0 Å². The first kappa shape index (κ1) is 29.1. The molecule has 198 valence electrons. The highest BCUT2D eigenvalue weighted by atomic mass is 19.3. The normalized spacial score (nSPS) is 9.75. The Bertz CT molecular complexity index is 1580. The summed E-state index contributed by atoms with van der Waals surface area (Å²) in [6.45, 7) is 1.85. The fourth-order valence-electron chi connectivity index (χ4n) is 3.62. The van der Waals surface area contributed by atoms with Crippen LogP contribution in [0.15, 0.2) is 97.0 Å². The SMILES string of the molecule is C#CC#CC#CC#Cc1ccc(C(C)(c2ccc(OC(F)=C(F)F)cc2)c2ccc(OC(F)=C(F)F)cc2)cc1. The molecule has 8 heteroatoms. The molecule has 0 saturated carbocycles. The molecule has 3 rings (SSSR count). The highest BCUT2D eigenvalue weighted by molar-refractivity contribution is 5.53. The van der Waals surface area contributed by atoms with E-state index in [1.165, 1.54) is 24.3 Å². The quantitative estimate of drug-likeness (QED) is 0.130. The Kier molecular flexibility index (Phi) is 9.74. The van der Waals surface area contributed by atoms with Gasteiger partial charge in [-0.05, 0) is 95.5 Å². The lowest BCUT2D eigenvalue weighted by molar-refractivity contribution is 0.241. The van der Waals surface area contributed by atoms with Crippen LogP contribution >= 0.6 is 0 Å². The minimum absolute atomic E-state index is 0.158. The average molecular weight is 546 g/mol. The molecule has 0 aliphatic heterocycles. The Hall–Kier alpha value is -5.44. The number of benzene rings is 3. The molecule has 3 aromatic carbocycles. The number of terminal acetylenes is 1. The molecule has 0 aliphatic rings. The van der Waals surface area contributed by atoms with Crippen LogP contribution in [0.2, 0.25) is 0 Å². The van der Waals surface area contributed by atoms with E-state index in [2.05, 4.69) is 50.9 Å². The second-order valence-corrected chi connectivity index (χ2v) is 7.92. The molecule has 0 atom stereocenters. The van der Waals surface area contributed by atoms with Crippen molar-refractivity contribution in [2.24, 2.45) is 0 Å². The lowest BCUT2D eigenvalue weighted by Gasteiger charge is -2.32. The first-order valence-corrected chi connectivity index (χ1v) is 11.2. The standard InChI is InChI=1S/C32H16F6O2/c1-3-4-5-6-7-8-9-22-10-12-23(13-11-22)32(2,24-14-18-26(19-15-24)39-30(37)28(33)34)25-16-20-27(21-17-25)40-31(38)29(35)36/h1,10-21H,2H3. The molecule has 0 spiro atoms. The largest absolute Gasteiger partial charge is 0.428 e. The second kappa shape index (κ2) is 13.4. The van der Waals surface area contributed by atoms with E-state index < -0.39 is 29.6 Å². The van der Waals surface area contributed by atoms with Crippen LogP contribution in [0.3, 0.4) is 0 Å². The summed E-state index contributed by atoms with van der Waals surface area (Å²) in [5.74, 6) is 17.2. The van der Waals surface area contributed by atoms with Gasteiger partial charge < -0.3 is 9.47 Å². The molecule has 0 fully saturated rings. The minimum atomic E-state index is -2.59. The van der Waals surface area contributed by atoms with E-state index in [0.717, 1.165) is 5.56 Å². The zero-order chi connectivity index (χ0) is 29.1. The van der Waals surface area contributed by atoms with Crippen molar-refractivity contribution in [2.45, 2.75) is 12.3 Å². The zero-order valence-electron chi connectivity index (χ0n) is 20.6. The Labute approximate surface area is 226 Å². The number of halogens is 6. The van der Waals surface area contributed by atoms with Crippen molar-refractivity contribution in [1.82, 2.24) is 0 Å². The molecule has 0 N–H and O–H groups in total. The molecule has 2 nitrogen and oxygen atoms in total. The predicted molar refractivity (Wildman–Crippen MR) is 138 cm³/mol. The molecular weight excluding hydrogens is 530 g/mol. The van der Waals surface area contributed by atoms with Crippen LogP contribution in [0.4, 0.5) is 26.3 Å². The van der Waals surface area contributed by atoms with Gasteiger partial charge in [-0.1, -0.05) is 42.3 Å².